The van der Waals surface area contributed by atoms with Gasteiger partial charge in [0.2, 0.25) is 0 Å². The third-order valence-corrected chi connectivity index (χ3v) is 8.24. The molecule has 0 N–H and O–H groups in total. The van der Waals surface area contributed by atoms with Crippen molar-refractivity contribution in [3.05, 3.63) is 83.6 Å². The van der Waals surface area contributed by atoms with Crippen molar-refractivity contribution in [3.63, 3.8) is 0 Å². The molecule has 202 valence electrons. The molecule has 0 aliphatic carbocycles. The van der Waals surface area contributed by atoms with Gasteiger partial charge in [-0.05, 0) is 63.1 Å². The highest BCUT2D eigenvalue weighted by atomic mass is 31.1. The van der Waals surface area contributed by atoms with Crippen molar-refractivity contribution in [2.75, 3.05) is 37.9 Å². The summed E-state index contributed by atoms with van der Waals surface area (Å²) in [4.78, 5) is 22.6. The first kappa shape index (κ1) is 28.1. The predicted octanol–water partition coefficient (Wildman–Crippen LogP) is 5.69. The van der Waals surface area contributed by atoms with Crippen LogP contribution in [0, 0.1) is 0 Å². The lowest BCUT2D eigenvalue weighted by Gasteiger charge is -2.29. The highest BCUT2D eigenvalue weighted by Crippen LogP contribution is 2.32. The van der Waals surface area contributed by atoms with E-state index in [0.717, 1.165) is 55.0 Å². The van der Waals surface area contributed by atoms with Gasteiger partial charge in [-0.15, -0.1) is 0 Å². The van der Waals surface area contributed by atoms with Gasteiger partial charge in [0.15, 0.2) is 0 Å². The summed E-state index contributed by atoms with van der Waals surface area (Å²) in [6.07, 6.45) is 2.68. The van der Waals surface area contributed by atoms with Crippen molar-refractivity contribution >= 4 is 25.0 Å². The van der Waals surface area contributed by atoms with Crippen LogP contribution in [0.5, 0.6) is 5.75 Å². The number of rotatable bonds is 11. The predicted molar refractivity (Wildman–Crippen MR) is 157 cm³/mol. The molecule has 0 spiro atoms. The number of ether oxygens (including phenoxy) is 2. The van der Waals surface area contributed by atoms with Crippen LogP contribution in [0.3, 0.4) is 0 Å². The van der Waals surface area contributed by atoms with Crippen LogP contribution in [0.2, 0.25) is 0 Å². The molecule has 6 nitrogen and oxygen atoms in total. The first-order valence-electron chi connectivity index (χ1n) is 13.5. The molecule has 4 rings (SSSR count). The Balaban J connectivity index is 1.50. The molecule has 0 radical (unpaired) electrons. The summed E-state index contributed by atoms with van der Waals surface area (Å²) in [6, 6.07) is 20.9. The van der Waals surface area contributed by atoms with Crippen LogP contribution in [0.1, 0.15) is 48.7 Å². The van der Waals surface area contributed by atoms with Crippen LogP contribution in [-0.2, 0) is 17.9 Å². The number of aromatic nitrogens is 1. The maximum absolute atomic E-state index is 13.2. The van der Waals surface area contributed by atoms with Crippen LogP contribution < -0.4 is 14.9 Å². The molecule has 3 aromatic rings. The van der Waals surface area contributed by atoms with Crippen molar-refractivity contribution in [2.45, 2.75) is 52.5 Å². The number of carbonyl (C=O) groups excluding carboxylic acids is 1. The third kappa shape index (κ3) is 6.92. The van der Waals surface area contributed by atoms with Gasteiger partial charge < -0.3 is 14.4 Å². The van der Waals surface area contributed by atoms with Gasteiger partial charge in [-0.1, -0.05) is 63.4 Å². The molecule has 1 fully saturated rings. The van der Waals surface area contributed by atoms with E-state index in [2.05, 4.69) is 60.4 Å². The Morgan fingerprint density at radius 2 is 1.84 bits per heavy atom. The molecule has 1 saturated heterocycles. The number of hydrogen-bond acceptors (Lipinski definition) is 6. The number of benzene rings is 2. The molecule has 0 bridgehead atoms. The Kier molecular flexibility index (Phi) is 9.76. The second kappa shape index (κ2) is 13.2. The summed E-state index contributed by atoms with van der Waals surface area (Å²) in [5.41, 5.74) is 2.98. The van der Waals surface area contributed by atoms with E-state index in [-0.39, 0.29) is 12.1 Å². The van der Waals surface area contributed by atoms with Gasteiger partial charge in [-0.2, -0.15) is 0 Å². The fourth-order valence-electron chi connectivity index (χ4n) is 4.98. The largest absolute Gasteiger partial charge is 0.489 e. The van der Waals surface area contributed by atoms with Crippen molar-refractivity contribution in [1.82, 2.24) is 9.88 Å². The molecule has 1 aliphatic heterocycles. The second-order valence-corrected chi connectivity index (χ2v) is 12.5. The Morgan fingerprint density at radius 3 is 2.55 bits per heavy atom. The third-order valence-electron chi connectivity index (χ3n) is 6.91. The first-order valence-corrected chi connectivity index (χ1v) is 15.7. The highest BCUT2D eigenvalue weighted by molar-refractivity contribution is 7.64. The SMILES string of the molecule is CCN(Cc1ccccc1OCc1ccccc1)C1CCN(c2nccc(P(C)C)c2C(=O)OC(C)C)C1. The molecule has 1 unspecified atom stereocenters. The lowest BCUT2D eigenvalue weighted by Crippen LogP contribution is -2.38. The first-order chi connectivity index (χ1) is 18.4. The van der Waals surface area contributed by atoms with E-state index in [1.807, 2.05) is 50.4 Å². The number of esters is 1. The minimum Gasteiger partial charge on any atom is -0.489 e. The van der Waals surface area contributed by atoms with Gasteiger partial charge in [-0.3, -0.25) is 4.90 Å². The number of carbonyl (C=O) groups is 1. The summed E-state index contributed by atoms with van der Waals surface area (Å²) in [6.45, 7) is 14.3. The van der Waals surface area contributed by atoms with Gasteiger partial charge in [0, 0.05) is 37.4 Å². The summed E-state index contributed by atoms with van der Waals surface area (Å²) in [5, 5.41) is 1.05. The van der Waals surface area contributed by atoms with E-state index in [1.165, 1.54) is 5.56 Å². The maximum Gasteiger partial charge on any atom is 0.342 e. The van der Waals surface area contributed by atoms with Gasteiger partial charge in [0.25, 0.3) is 0 Å². The Bertz CT molecular complexity index is 1200. The average Bonchev–Trinajstić information content (AvgIpc) is 3.41. The minimum absolute atomic E-state index is 0.172. The fourth-order valence-corrected chi connectivity index (χ4v) is 5.99. The average molecular weight is 534 g/mol. The van der Waals surface area contributed by atoms with Gasteiger partial charge >= 0.3 is 5.97 Å². The summed E-state index contributed by atoms with van der Waals surface area (Å²) < 4.78 is 11.9. The zero-order valence-electron chi connectivity index (χ0n) is 23.3. The van der Waals surface area contributed by atoms with Gasteiger partial charge in [0.1, 0.15) is 23.7 Å². The topological polar surface area (TPSA) is 54.9 Å². The van der Waals surface area contributed by atoms with Crippen LogP contribution in [-0.4, -0.2) is 61.0 Å². The summed E-state index contributed by atoms with van der Waals surface area (Å²) in [5.74, 6) is 1.42. The van der Waals surface area contributed by atoms with Crippen molar-refractivity contribution in [1.29, 1.82) is 0 Å². The molecule has 2 aromatic carbocycles. The second-order valence-electron chi connectivity index (χ2n) is 10.2. The molecule has 0 amide bonds. The number of likely N-dealkylation sites (N-methyl/N-ethyl adjacent to an activating group) is 1. The monoisotopic (exact) mass is 533 g/mol. The molecule has 0 saturated carbocycles. The molecule has 7 heteroatoms. The van der Waals surface area contributed by atoms with Crippen LogP contribution in [0.4, 0.5) is 5.82 Å². The molecular formula is C31H40N3O3P. The molecular weight excluding hydrogens is 493 g/mol. The highest BCUT2D eigenvalue weighted by Gasteiger charge is 2.32. The van der Waals surface area contributed by atoms with Gasteiger partial charge in [0.05, 0.1) is 6.10 Å². The zero-order valence-corrected chi connectivity index (χ0v) is 24.2. The lowest BCUT2D eigenvalue weighted by molar-refractivity contribution is 0.0380. The Labute approximate surface area is 228 Å². The summed E-state index contributed by atoms with van der Waals surface area (Å²) in [7, 11) is -0.481. The van der Waals surface area contributed by atoms with Crippen LogP contribution in [0.15, 0.2) is 66.9 Å². The van der Waals surface area contributed by atoms with E-state index in [0.29, 0.717) is 18.2 Å². The number of para-hydroxylation sites is 1. The number of hydrogen-bond donors (Lipinski definition) is 0. The maximum atomic E-state index is 13.2. The number of pyridine rings is 1. The standard InChI is InChI=1S/C31H40N3O3P/c1-6-33(20-25-14-10-11-15-27(25)36-22-24-12-8-7-9-13-24)26-17-19-34(21-26)30-29(31(35)37-23(2)3)28(38(4)5)16-18-32-30/h7-16,18,23,26H,6,17,19-22H2,1-5H3. The molecule has 1 aromatic heterocycles. The lowest BCUT2D eigenvalue weighted by atomic mass is 10.1. The van der Waals surface area contributed by atoms with E-state index in [1.54, 1.807) is 0 Å². The van der Waals surface area contributed by atoms with Gasteiger partial charge in [-0.25, -0.2) is 9.78 Å². The normalized spacial score (nSPS) is 15.5. The van der Waals surface area contributed by atoms with E-state index in [4.69, 9.17) is 14.5 Å². The Hall–Kier alpha value is -2.95. The smallest absolute Gasteiger partial charge is 0.342 e. The van der Waals surface area contributed by atoms with Crippen molar-refractivity contribution < 1.29 is 14.3 Å². The van der Waals surface area contributed by atoms with E-state index < -0.39 is 7.92 Å². The molecule has 2 heterocycles. The Morgan fingerprint density at radius 1 is 1.11 bits per heavy atom. The molecule has 1 atom stereocenters. The summed E-state index contributed by atoms with van der Waals surface area (Å²) >= 11 is 0. The number of nitrogens with zero attached hydrogens (tertiary/aromatic N) is 3. The quantitative estimate of drug-likeness (QED) is 0.233. The molecule has 1 aliphatic rings. The minimum atomic E-state index is -0.481. The fraction of sp³-hybridized carbons (Fsp3) is 0.419. The molecule has 38 heavy (non-hydrogen) atoms. The van der Waals surface area contributed by atoms with E-state index in [9.17, 15) is 4.79 Å². The zero-order chi connectivity index (χ0) is 27.1. The van der Waals surface area contributed by atoms with Crippen LogP contribution >= 0.6 is 7.92 Å². The van der Waals surface area contributed by atoms with Crippen LogP contribution in [0.25, 0.3) is 0 Å². The van der Waals surface area contributed by atoms with Crippen molar-refractivity contribution in [3.8, 4) is 5.75 Å². The van der Waals surface area contributed by atoms with Crippen molar-refractivity contribution in [2.24, 2.45) is 0 Å². The number of anilines is 1. The van der Waals surface area contributed by atoms with E-state index >= 15 is 0 Å².